The predicted molar refractivity (Wildman–Crippen MR) is 174 cm³/mol. The number of carbonyl (C=O) groups excluding carboxylic acids is 1. The molecule has 0 aliphatic carbocycles. The zero-order valence-electron chi connectivity index (χ0n) is 26.1. The van der Waals surface area contributed by atoms with Gasteiger partial charge in [-0.15, -0.1) is 0 Å². The Balaban J connectivity index is 3.79. The predicted octanol–water partition coefficient (Wildman–Crippen LogP) is 9.45. The SMILES string of the molecule is CC/C=C\C/C=C\C/C=C\C/C=C\CCC(=O)NC(CO)C(O)/C=C/CCCCCCCCCCCCCCC. The van der Waals surface area contributed by atoms with Gasteiger partial charge in [-0.25, -0.2) is 0 Å². The van der Waals surface area contributed by atoms with Gasteiger partial charge in [0.25, 0.3) is 0 Å². The third-order valence-corrected chi connectivity index (χ3v) is 7.02. The standard InChI is InChI=1S/C36H63NO3/c1-3-5-7-9-11-13-15-17-18-20-21-23-25-27-29-31-35(39)34(33-38)37-36(40)32-30-28-26-24-22-19-16-14-12-10-8-6-4-2/h6,8,12,14,19,22,26,28-29,31,34-35,38-39H,3-5,7,9-11,13,15-18,20-21,23-25,27,30,32-33H2,1-2H3,(H,37,40)/b8-6-,14-12-,22-19-,28-26-,31-29+. The highest BCUT2D eigenvalue weighted by atomic mass is 16.3. The zero-order chi connectivity index (χ0) is 29.4. The van der Waals surface area contributed by atoms with Crippen LogP contribution in [0, 0.1) is 0 Å². The number of hydrogen-bond donors (Lipinski definition) is 3. The van der Waals surface area contributed by atoms with E-state index in [2.05, 4.69) is 61.7 Å². The largest absolute Gasteiger partial charge is 0.394 e. The van der Waals surface area contributed by atoms with Crippen molar-refractivity contribution in [2.45, 2.75) is 154 Å². The summed E-state index contributed by atoms with van der Waals surface area (Å²) >= 11 is 0. The van der Waals surface area contributed by atoms with E-state index in [1.807, 2.05) is 12.2 Å². The van der Waals surface area contributed by atoms with E-state index in [-0.39, 0.29) is 12.5 Å². The Morgan fingerprint density at radius 1 is 0.625 bits per heavy atom. The maximum Gasteiger partial charge on any atom is 0.220 e. The highest BCUT2D eigenvalue weighted by molar-refractivity contribution is 5.76. The fourth-order valence-corrected chi connectivity index (χ4v) is 4.48. The molecule has 2 atom stereocenters. The second kappa shape index (κ2) is 31.6. The molecule has 0 saturated carbocycles. The highest BCUT2D eigenvalue weighted by Gasteiger charge is 2.17. The third kappa shape index (κ3) is 27.6. The topological polar surface area (TPSA) is 69.6 Å². The molecule has 0 aromatic carbocycles. The van der Waals surface area contributed by atoms with Crippen LogP contribution in [0.3, 0.4) is 0 Å². The first-order chi connectivity index (χ1) is 19.7. The summed E-state index contributed by atoms with van der Waals surface area (Å²) in [6.07, 6.45) is 43.1. The number of aliphatic hydroxyl groups is 2. The highest BCUT2D eigenvalue weighted by Crippen LogP contribution is 2.13. The first kappa shape index (κ1) is 38.1. The van der Waals surface area contributed by atoms with E-state index < -0.39 is 12.1 Å². The van der Waals surface area contributed by atoms with Gasteiger partial charge in [0.05, 0.1) is 18.8 Å². The Morgan fingerprint density at radius 3 is 1.60 bits per heavy atom. The third-order valence-electron chi connectivity index (χ3n) is 7.02. The van der Waals surface area contributed by atoms with Gasteiger partial charge in [0.1, 0.15) is 0 Å². The van der Waals surface area contributed by atoms with Crippen molar-refractivity contribution in [1.82, 2.24) is 5.32 Å². The molecule has 0 bridgehead atoms. The van der Waals surface area contributed by atoms with Crippen LogP contribution in [0.5, 0.6) is 0 Å². The molecule has 4 nitrogen and oxygen atoms in total. The molecule has 0 spiro atoms. The Bertz CT molecular complexity index is 692. The van der Waals surface area contributed by atoms with E-state index in [4.69, 9.17) is 0 Å². The van der Waals surface area contributed by atoms with Crippen molar-refractivity contribution in [2.75, 3.05) is 6.61 Å². The Labute approximate surface area is 247 Å². The lowest BCUT2D eigenvalue weighted by atomic mass is 10.0. The molecular weight excluding hydrogens is 494 g/mol. The van der Waals surface area contributed by atoms with Gasteiger partial charge >= 0.3 is 0 Å². The summed E-state index contributed by atoms with van der Waals surface area (Å²) < 4.78 is 0. The number of nitrogens with one attached hydrogen (secondary N) is 1. The van der Waals surface area contributed by atoms with Gasteiger partial charge < -0.3 is 15.5 Å². The van der Waals surface area contributed by atoms with Crippen molar-refractivity contribution in [3.05, 3.63) is 60.8 Å². The van der Waals surface area contributed by atoms with Crippen LogP contribution in [0.15, 0.2) is 60.8 Å². The molecule has 230 valence electrons. The Morgan fingerprint density at radius 2 is 1.10 bits per heavy atom. The first-order valence-corrected chi connectivity index (χ1v) is 16.5. The van der Waals surface area contributed by atoms with Gasteiger partial charge in [-0.1, -0.05) is 152 Å². The summed E-state index contributed by atoms with van der Waals surface area (Å²) in [5.74, 6) is -0.148. The van der Waals surface area contributed by atoms with E-state index in [1.165, 1.54) is 77.0 Å². The smallest absolute Gasteiger partial charge is 0.220 e. The minimum absolute atomic E-state index is 0.148. The molecule has 3 N–H and O–H groups in total. The average molecular weight is 558 g/mol. The number of carbonyl (C=O) groups is 1. The van der Waals surface area contributed by atoms with Crippen LogP contribution in [0.25, 0.3) is 0 Å². The van der Waals surface area contributed by atoms with Crippen LogP contribution in [0.2, 0.25) is 0 Å². The molecule has 0 rings (SSSR count). The monoisotopic (exact) mass is 557 g/mol. The molecule has 0 fully saturated rings. The van der Waals surface area contributed by atoms with Crippen LogP contribution < -0.4 is 5.32 Å². The molecule has 0 aromatic rings. The van der Waals surface area contributed by atoms with Crippen LogP contribution in [-0.4, -0.2) is 34.9 Å². The fourth-order valence-electron chi connectivity index (χ4n) is 4.48. The molecule has 40 heavy (non-hydrogen) atoms. The summed E-state index contributed by atoms with van der Waals surface area (Å²) in [6.45, 7) is 4.13. The quantitative estimate of drug-likeness (QED) is 0.0663. The molecule has 0 aromatic heterocycles. The molecule has 1 amide bonds. The van der Waals surface area contributed by atoms with Crippen LogP contribution in [0.1, 0.15) is 142 Å². The molecule has 0 aliphatic heterocycles. The van der Waals surface area contributed by atoms with Crippen molar-refractivity contribution >= 4 is 5.91 Å². The van der Waals surface area contributed by atoms with Gasteiger partial charge in [0.15, 0.2) is 0 Å². The van der Waals surface area contributed by atoms with Gasteiger partial charge in [0, 0.05) is 6.42 Å². The van der Waals surface area contributed by atoms with E-state index in [1.54, 1.807) is 6.08 Å². The fraction of sp³-hybridized carbons (Fsp3) is 0.694. The van der Waals surface area contributed by atoms with Crippen molar-refractivity contribution in [3.8, 4) is 0 Å². The van der Waals surface area contributed by atoms with Gasteiger partial charge in [0.2, 0.25) is 5.91 Å². The maximum atomic E-state index is 12.2. The summed E-state index contributed by atoms with van der Waals surface area (Å²) in [5.41, 5.74) is 0. The number of allylic oxidation sites excluding steroid dienone is 9. The van der Waals surface area contributed by atoms with Gasteiger partial charge in [-0.05, 0) is 44.9 Å². The van der Waals surface area contributed by atoms with Gasteiger partial charge in [-0.2, -0.15) is 0 Å². The molecule has 2 unspecified atom stereocenters. The van der Waals surface area contributed by atoms with Crippen LogP contribution >= 0.6 is 0 Å². The molecular formula is C36H63NO3. The van der Waals surface area contributed by atoms with E-state index in [0.717, 1.165) is 38.5 Å². The lowest BCUT2D eigenvalue weighted by Crippen LogP contribution is -2.45. The lowest BCUT2D eigenvalue weighted by Gasteiger charge is -2.19. The molecule has 0 radical (unpaired) electrons. The zero-order valence-corrected chi connectivity index (χ0v) is 26.1. The Hall–Kier alpha value is -1.91. The normalized spacial score (nSPS) is 14.0. The van der Waals surface area contributed by atoms with Crippen LogP contribution in [-0.2, 0) is 4.79 Å². The number of rotatable bonds is 28. The van der Waals surface area contributed by atoms with Crippen molar-refractivity contribution < 1.29 is 15.0 Å². The molecule has 0 saturated heterocycles. The molecule has 0 aliphatic rings. The maximum absolute atomic E-state index is 12.2. The van der Waals surface area contributed by atoms with Gasteiger partial charge in [-0.3, -0.25) is 4.79 Å². The number of unbranched alkanes of at least 4 members (excludes halogenated alkanes) is 13. The second-order valence-corrected chi connectivity index (χ2v) is 10.8. The van der Waals surface area contributed by atoms with Crippen molar-refractivity contribution in [1.29, 1.82) is 0 Å². The molecule has 0 heterocycles. The van der Waals surface area contributed by atoms with E-state index >= 15 is 0 Å². The lowest BCUT2D eigenvalue weighted by molar-refractivity contribution is -0.122. The Kier molecular flexibility index (Phi) is 30.1. The summed E-state index contributed by atoms with van der Waals surface area (Å²) in [4.78, 5) is 12.2. The second-order valence-electron chi connectivity index (χ2n) is 10.8. The van der Waals surface area contributed by atoms with Crippen LogP contribution in [0.4, 0.5) is 0 Å². The van der Waals surface area contributed by atoms with Crippen molar-refractivity contribution in [3.63, 3.8) is 0 Å². The van der Waals surface area contributed by atoms with E-state index in [0.29, 0.717) is 12.8 Å². The first-order valence-electron chi connectivity index (χ1n) is 16.5. The summed E-state index contributed by atoms with van der Waals surface area (Å²) in [6, 6.07) is -0.659. The summed E-state index contributed by atoms with van der Waals surface area (Å²) in [7, 11) is 0. The number of hydrogen-bond acceptors (Lipinski definition) is 3. The van der Waals surface area contributed by atoms with E-state index in [9.17, 15) is 15.0 Å². The average Bonchev–Trinajstić information content (AvgIpc) is 2.96. The molecule has 4 heteroatoms. The number of amides is 1. The number of aliphatic hydroxyl groups excluding tert-OH is 2. The minimum Gasteiger partial charge on any atom is -0.394 e. The minimum atomic E-state index is -0.867. The summed E-state index contributed by atoms with van der Waals surface area (Å²) in [5, 5.41) is 22.7. The van der Waals surface area contributed by atoms with Crippen molar-refractivity contribution in [2.24, 2.45) is 0 Å².